The Morgan fingerprint density at radius 3 is 2.84 bits per heavy atom. The molecule has 0 saturated heterocycles. The Bertz CT molecular complexity index is 619. The summed E-state index contributed by atoms with van der Waals surface area (Å²) in [7, 11) is 0. The summed E-state index contributed by atoms with van der Waals surface area (Å²) in [5.41, 5.74) is 0.574. The minimum Gasteiger partial charge on any atom is -0.477 e. The minimum atomic E-state index is -1.08. The molecule has 0 atom stereocenters. The number of rotatable bonds is 4. The largest absolute Gasteiger partial charge is 0.477 e. The number of aromatic carboxylic acids is 1. The lowest BCUT2D eigenvalue weighted by Gasteiger charge is -2.03. The molecule has 1 heterocycles. The van der Waals surface area contributed by atoms with E-state index in [4.69, 9.17) is 5.11 Å². The maximum absolute atomic E-state index is 13.0. The summed E-state index contributed by atoms with van der Waals surface area (Å²) in [6, 6.07) is 7.60. The van der Waals surface area contributed by atoms with Gasteiger partial charge in [-0.1, -0.05) is 6.07 Å². The molecule has 0 saturated carbocycles. The summed E-state index contributed by atoms with van der Waals surface area (Å²) in [6.45, 7) is 1.71. The zero-order valence-electron chi connectivity index (χ0n) is 10.1. The van der Waals surface area contributed by atoms with Crippen molar-refractivity contribution in [2.45, 2.75) is 17.6 Å². The molecule has 6 heteroatoms. The van der Waals surface area contributed by atoms with E-state index in [-0.39, 0.29) is 11.5 Å². The number of carboxylic acids is 1. The number of nitrogens with zero attached hydrogens (tertiary/aromatic N) is 2. The second kappa shape index (κ2) is 5.79. The molecule has 1 N–H and O–H groups in total. The van der Waals surface area contributed by atoms with Crippen LogP contribution in [0, 0.1) is 12.7 Å². The predicted molar refractivity (Wildman–Crippen MR) is 69.7 cm³/mol. The lowest BCUT2D eigenvalue weighted by Crippen LogP contribution is -2.05. The summed E-state index contributed by atoms with van der Waals surface area (Å²) in [6.07, 6.45) is 0. The van der Waals surface area contributed by atoms with Crippen molar-refractivity contribution in [1.29, 1.82) is 0 Å². The van der Waals surface area contributed by atoms with Gasteiger partial charge in [-0.25, -0.2) is 19.2 Å². The summed E-state index contributed by atoms with van der Waals surface area (Å²) in [5.74, 6) is -0.568. The number of aryl methyl sites for hydroxylation is 1. The van der Waals surface area contributed by atoms with Crippen molar-refractivity contribution in [3.63, 3.8) is 0 Å². The fourth-order valence-electron chi connectivity index (χ4n) is 1.51. The van der Waals surface area contributed by atoms with Crippen molar-refractivity contribution in [3.8, 4) is 0 Å². The first-order chi connectivity index (χ1) is 9.04. The monoisotopic (exact) mass is 278 g/mol. The Morgan fingerprint density at radius 2 is 2.16 bits per heavy atom. The van der Waals surface area contributed by atoms with Crippen LogP contribution in [-0.4, -0.2) is 21.0 Å². The predicted octanol–water partition coefficient (Wildman–Crippen LogP) is 2.91. The second-order valence-electron chi connectivity index (χ2n) is 3.86. The summed E-state index contributed by atoms with van der Waals surface area (Å²) in [5, 5.41) is 8.91. The first-order valence-corrected chi connectivity index (χ1v) is 6.49. The molecule has 0 unspecified atom stereocenters. The van der Waals surface area contributed by atoms with Gasteiger partial charge in [-0.05, 0) is 31.2 Å². The topological polar surface area (TPSA) is 63.1 Å². The van der Waals surface area contributed by atoms with Gasteiger partial charge in [0, 0.05) is 10.6 Å². The van der Waals surface area contributed by atoms with Crippen LogP contribution in [0.4, 0.5) is 4.39 Å². The average molecular weight is 278 g/mol. The molecule has 0 fully saturated rings. The van der Waals surface area contributed by atoms with Crippen LogP contribution in [-0.2, 0) is 5.75 Å². The highest BCUT2D eigenvalue weighted by molar-refractivity contribution is 7.98. The minimum absolute atomic E-state index is 0.0256. The van der Waals surface area contributed by atoms with Crippen LogP contribution in [0.15, 0.2) is 35.2 Å². The Labute approximate surface area is 113 Å². The first kappa shape index (κ1) is 13.5. The van der Waals surface area contributed by atoms with E-state index in [0.29, 0.717) is 17.3 Å². The lowest BCUT2D eigenvalue weighted by molar-refractivity contribution is 0.0689. The van der Waals surface area contributed by atoms with E-state index in [9.17, 15) is 9.18 Å². The maximum atomic E-state index is 13.0. The Balaban J connectivity index is 2.13. The van der Waals surface area contributed by atoms with Crippen LogP contribution >= 0.6 is 11.8 Å². The van der Waals surface area contributed by atoms with Gasteiger partial charge in [0.25, 0.3) is 0 Å². The molecular formula is C13H11FN2O2S. The molecule has 0 aliphatic heterocycles. The summed E-state index contributed by atoms with van der Waals surface area (Å²) < 4.78 is 13.0. The lowest BCUT2D eigenvalue weighted by atomic mass is 10.3. The molecule has 0 amide bonds. The fraction of sp³-hybridized carbons (Fsp3) is 0.154. The van der Waals surface area contributed by atoms with Crippen LogP contribution in [0.2, 0.25) is 0 Å². The van der Waals surface area contributed by atoms with E-state index < -0.39 is 5.97 Å². The van der Waals surface area contributed by atoms with E-state index in [1.807, 2.05) is 0 Å². The Kier molecular flexibility index (Phi) is 4.11. The van der Waals surface area contributed by atoms with Gasteiger partial charge in [0.15, 0.2) is 5.69 Å². The van der Waals surface area contributed by atoms with Gasteiger partial charge in [0.2, 0.25) is 0 Å². The third kappa shape index (κ3) is 3.75. The van der Waals surface area contributed by atoms with Gasteiger partial charge < -0.3 is 5.11 Å². The molecule has 0 spiro atoms. The van der Waals surface area contributed by atoms with E-state index in [2.05, 4.69) is 9.97 Å². The molecule has 0 aliphatic carbocycles. The summed E-state index contributed by atoms with van der Waals surface area (Å²) >= 11 is 1.36. The molecule has 2 rings (SSSR count). The molecule has 1 aromatic heterocycles. The van der Waals surface area contributed by atoms with Crippen LogP contribution in [0.1, 0.15) is 22.0 Å². The zero-order valence-corrected chi connectivity index (χ0v) is 10.9. The number of thioether (sulfide) groups is 1. The summed E-state index contributed by atoms with van der Waals surface area (Å²) in [4.78, 5) is 19.7. The Morgan fingerprint density at radius 1 is 1.37 bits per heavy atom. The number of hydrogen-bond donors (Lipinski definition) is 1. The maximum Gasteiger partial charge on any atom is 0.354 e. The molecular weight excluding hydrogens is 267 g/mol. The van der Waals surface area contributed by atoms with Crippen molar-refractivity contribution in [1.82, 2.24) is 9.97 Å². The van der Waals surface area contributed by atoms with Crippen molar-refractivity contribution in [2.75, 3.05) is 0 Å². The number of carboxylic acid groups (broad SMARTS) is 1. The van der Waals surface area contributed by atoms with Gasteiger partial charge in [0.1, 0.15) is 11.6 Å². The van der Waals surface area contributed by atoms with E-state index in [0.717, 1.165) is 4.90 Å². The molecule has 0 radical (unpaired) electrons. The Hall–Kier alpha value is -1.95. The highest BCUT2D eigenvalue weighted by Gasteiger charge is 2.09. The van der Waals surface area contributed by atoms with Gasteiger partial charge >= 0.3 is 5.97 Å². The normalized spacial score (nSPS) is 10.4. The molecule has 0 bridgehead atoms. The smallest absolute Gasteiger partial charge is 0.354 e. The first-order valence-electron chi connectivity index (χ1n) is 5.51. The van der Waals surface area contributed by atoms with Crippen LogP contribution in [0.5, 0.6) is 0 Å². The molecule has 4 nitrogen and oxygen atoms in total. The van der Waals surface area contributed by atoms with Crippen molar-refractivity contribution in [2.24, 2.45) is 0 Å². The second-order valence-corrected chi connectivity index (χ2v) is 4.91. The standard InChI is InChI=1S/C13H11FN2O2S/c1-8-5-11(13(17)18)16-12(15-8)7-19-10-4-2-3-9(14)6-10/h2-6H,7H2,1H3,(H,17,18). The van der Waals surface area contributed by atoms with Crippen LogP contribution in [0.3, 0.4) is 0 Å². The molecule has 98 valence electrons. The quantitative estimate of drug-likeness (QED) is 0.871. The highest BCUT2D eigenvalue weighted by atomic mass is 32.2. The van der Waals surface area contributed by atoms with E-state index >= 15 is 0 Å². The average Bonchev–Trinajstić information content (AvgIpc) is 2.36. The van der Waals surface area contributed by atoms with Gasteiger partial charge in [-0.3, -0.25) is 0 Å². The molecule has 19 heavy (non-hydrogen) atoms. The third-order valence-corrected chi connectivity index (χ3v) is 3.27. The molecule has 1 aromatic carbocycles. The van der Waals surface area contributed by atoms with Crippen molar-refractivity contribution in [3.05, 3.63) is 53.4 Å². The van der Waals surface area contributed by atoms with Crippen LogP contribution < -0.4 is 0 Å². The molecule has 2 aromatic rings. The number of carbonyl (C=O) groups is 1. The van der Waals surface area contributed by atoms with Crippen molar-refractivity contribution >= 4 is 17.7 Å². The SMILES string of the molecule is Cc1cc(C(=O)O)nc(CSc2cccc(F)c2)n1. The number of aromatic nitrogens is 2. The van der Waals surface area contributed by atoms with Gasteiger partial charge in [-0.2, -0.15) is 0 Å². The van der Waals surface area contributed by atoms with Crippen LogP contribution in [0.25, 0.3) is 0 Å². The zero-order chi connectivity index (χ0) is 13.8. The van der Waals surface area contributed by atoms with E-state index in [1.54, 1.807) is 19.1 Å². The molecule has 0 aliphatic rings. The highest BCUT2D eigenvalue weighted by Crippen LogP contribution is 2.22. The van der Waals surface area contributed by atoms with Gasteiger partial charge in [0.05, 0.1) is 5.75 Å². The number of hydrogen-bond acceptors (Lipinski definition) is 4. The van der Waals surface area contributed by atoms with Crippen molar-refractivity contribution < 1.29 is 14.3 Å². The third-order valence-electron chi connectivity index (χ3n) is 2.28. The number of halogens is 1. The van der Waals surface area contributed by atoms with E-state index in [1.165, 1.54) is 30.0 Å². The number of benzene rings is 1. The van der Waals surface area contributed by atoms with Gasteiger partial charge in [-0.15, -0.1) is 11.8 Å². The fourth-order valence-corrected chi connectivity index (χ4v) is 2.30.